The molecule has 0 aromatic heterocycles. The van der Waals surface area contributed by atoms with E-state index in [9.17, 15) is 19.5 Å². The minimum Gasteiger partial charge on any atom is -0.544 e. The molecule has 0 rings (SSSR count). The number of unbranched alkanes of at least 4 members (excludes halogenated alkanes) is 18. The highest BCUT2D eigenvalue weighted by Crippen LogP contribution is 2.15. The lowest BCUT2D eigenvalue weighted by Crippen LogP contribution is -2.55. The molecule has 0 aliphatic rings. The lowest BCUT2D eigenvalue weighted by molar-refractivity contribution is -0.889. The van der Waals surface area contributed by atoms with E-state index in [0.717, 1.165) is 57.8 Å². The molecule has 0 amide bonds. The van der Waals surface area contributed by atoms with E-state index in [0.29, 0.717) is 12.8 Å². The van der Waals surface area contributed by atoms with Gasteiger partial charge >= 0.3 is 11.9 Å². The number of allylic oxidation sites excluding steroid dienone is 12. The molecular formula is C54H93NO7. The van der Waals surface area contributed by atoms with Crippen LogP contribution in [-0.2, 0) is 28.6 Å². The van der Waals surface area contributed by atoms with Crippen LogP contribution < -0.4 is 5.11 Å². The Bertz CT molecular complexity index is 1240. The van der Waals surface area contributed by atoms with E-state index >= 15 is 0 Å². The minimum atomic E-state index is -1.13. The molecule has 0 saturated carbocycles. The van der Waals surface area contributed by atoms with Gasteiger partial charge in [0.2, 0.25) is 0 Å². The van der Waals surface area contributed by atoms with Crippen molar-refractivity contribution in [1.29, 1.82) is 0 Å². The third-order valence-corrected chi connectivity index (χ3v) is 10.8. The summed E-state index contributed by atoms with van der Waals surface area (Å²) in [6, 6.07) is -0.737. The maximum absolute atomic E-state index is 12.8. The predicted molar refractivity (Wildman–Crippen MR) is 259 cm³/mol. The molecule has 0 spiro atoms. The summed E-state index contributed by atoms with van der Waals surface area (Å²) in [4.78, 5) is 37.0. The van der Waals surface area contributed by atoms with Gasteiger partial charge in [-0.3, -0.25) is 9.59 Å². The average Bonchev–Trinajstić information content (AvgIpc) is 3.23. The fraction of sp³-hybridized carbons (Fsp3) is 0.722. The van der Waals surface area contributed by atoms with Crippen LogP contribution in [0.2, 0.25) is 0 Å². The number of esters is 2. The van der Waals surface area contributed by atoms with Gasteiger partial charge in [0.05, 0.1) is 40.3 Å². The van der Waals surface area contributed by atoms with Gasteiger partial charge in [0.1, 0.15) is 12.6 Å². The maximum atomic E-state index is 12.8. The second kappa shape index (κ2) is 44.4. The first kappa shape index (κ1) is 58.8. The number of likely N-dealkylation sites (N-methyl/N-ethyl adjacent to an activating group) is 1. The quantitative estimate of drug-likeness (QED) is 0.0260. The highest BCUT2D eigenvalue weighted by atomic mass is 16.6. The number of aliphatic carboxylic acids is 1. The summed E-state index contributed by atoms with van der Waals surface area (Å²) < 4.78 is 17.2. The van der Waals surface area contributed by atoms with Crippen LogP contribution >= 0.6 is 0 Å². The molecule has 8 heteroatoms. The van der Waals surface area contributed by atoms with Crippen molar-refractivity contribution in [3.8, 4) is 0 Å². The van der Waals surface area contributed by atoms with E-state index in [1.54, 1.807) is 21.1 Å². The number of ether oxygens (including phenoxy) is 3. The number of nitrogens with zero attached hydrogens (tertiary/aromatic N) is 1. The zero-order valence-corrected chi connectivity index (χ0v) is 40.5. The summed E-state index contributed by atoms with van der Waals surface area (Å²) in [6.45, 7) is 4.48. The Morgan fingerprint density at radius 3 is 1.39 bits per heavy atom. The summed E-state index contributed by atoms with van der Waals surface area (Å²) in [5, 5.41) is 11.7. The molecule has 356 valence electrons. The zero-order valence-electron chi connectivity index (χ0n) is 40.5. The highest BCUT2D eigenvalue weighted by Gasteiger charge is 2.25. The molecular weight excluding hydrogens is 775 g/mol. The molecule has 0 aliphatic carbocycles. The lowest BCUT2D eigenvalue weighted by Gasteiger charge is -2.34. The van der Waals surface area contributed by atoms with Gasteiger partial charge in [-0.1, -0.05) is 177 Å². The first-order chi connectivity index (χ1) is 30.1. The number of carboxylic acids is 1. The van der Waals surface area contributed by atoms with Gasteiger partial charge in [-0.15, -0.1) is 0 Å². The van der Waals surface area contributed by atoms with Crippen molar-refractivity contribution < 1.29 is 38.2 Å². The molecule has 8 nitrogen and oxygen atoms in total. The topological polar surface area (TPSA) is 102 Å². The summed E-state index contributed by atoms with van der Waals surface area (Å²) in [6.07, 6.45) is 56.5. The van der Waals surface area contributed by atoms with Gasteiger partial charge in [0.15, 0.2) is 6.10 Å². The van der Waals surface area contributed by atoms with Crippen LogP contribution in [-0.4, -0.2) is 75.5 Å². The van der Waals surface area contributed by atoms with Crippen molar-refractivity contribution in [3.05, 3.63) is 72.9 Å². The standard InChI is InChI=1S/C54H93NO7/c1-6-8-10-12-14-16-18-20-22-24-25-26-27-29-31-33-35-37-39-41-43-45-53(57)62-50(48-60-47-46-51(54(58)59)55(3,4)5)49-61-52(56)44-42-40-38-36-34-32-30-28-23-21-19-17-15-13-11-9-7-2/h8,10,14-17,21,23,30,32,36,38,50-51H,6-7,9,11-13,18-20,22,24-29,31,33-35,37,39-49H2,1-5H3/b10-8+,16-14+,17-15+,23-21+,32-30+,38-36+. The van der Waals surface area contributed by atoms with Crippen LogP contribution in [0, 0.1) is 0 Å². The third-order valence-electron chi connectivity index (χ3n) is 10.8. The Morgan fingerprint density at radius 2 is 0.919 bits per heavy atom. The van der Waals surface area contributed by atoms with E-state index in [1.807, 2.05) is 0 Å². The molecule has 0 fully saturated rings. The first-order valence-electron chi connectivity index (χ1n) is 25.0. The highest BCUT2D eigenvalue weighted by molar-refractivity contribution is 5.70. The van der Waals surface area contributed by atoms with E-state index in [4.69, 9.17) is 14.2 Å². The fourth-order valence-electron chi connectivity index (χ4n) is 6.98. The Balaban J connectivity index is 4.32. The van der Waals surface area contributed by atoms with E-state index in [-0.39, 0.29) is 49.1 Å². The van der Waals surface area contributed by atoms with Crippen molar-refractivity contribution in [3.63, 3.8) is 0 Å². The fourth-order valence-corrected chi connectivity index (χ4v) is 6.98. The Morgan fingerprint density at radius 1 is 0.500 bits per heavy atom. The number of quaternary nitrogens is 1. The summed E-state index contributed by atoms with van der Waals surface area (Å²) in [7, 11) is 5.39. The summed E-state index contributed by atoms with van der Waals surface area (Å²) in [5.41, 5.74) is 0. The second-order valence-corrected chi connectivity index (χ2v) is 17.7. The van der Waals surface area contributed by atoms with E-state index < -0.39 is 18.1 Å². The zero-order chi connectivity index (χ0) is 45.6. The van der Waals surface area contributed by atoms with E-state index in [1.165, 1.54) is 103 Å². The Hall–Kier alpha value is -3.23. The molecule has 0 aliphatic heterocycles. The molecule has 0 bridgehead atoms. The van der Waals surface area contributed by atoms with Crippen molar-refractivity contribution >= 4 is 17.9 Å². The maximum Gasteiger partial charge on any atom is 0.306 e. The minimum absolute atomic E-state index is 0.0214. The van der Waals surface area contributed by atoms with Gasteiger partial charge < -0.3 is 28.6 Å². The van der Waals surface area contributed by atoms with Gasteiger partial charge in [0, 0.05) is 19.3 Å². The Kier molecular flexibility index (Phi) is 42.1. The number of hydrogen-bond acceptors (Lipinski definition) is 7. The molecule has 0 heterocycles. The largest absolute Gasteiger partial charge is 0.544 e. The summed E-state index contributed by atoms with van der Waals surface area (Å²) >= 11 is 0. The van der Waals surface area contributed by atoms with Crippen LogP contribution in [0.15, 0.2) is 72.9 Å². The van der Waals surface area contributed by atoms with Gasteiger partial charge in [-0.25, -0.2) is 0 Å². The Labute approximate surface area is 381 Å². The van der Waals surface area contributed by atoms with Crippen LogP contribution in [0.25, 0.3) is 0 Å². The van der Waals surface area contributed by atoms with Crippen molar-refractivity contribution in [1.82, 2.24) is 0 Å². The third kappa shape index (κ3) is 42.1. The molecule has 0 aromatic carbocycles. The second-order valence-electron chi connectivity index (χ2n) is 17.7. The molecule has 2 atom stereocenters. The SMILES string of the molecule is CC/C=C/C/C=C/CCCCCCCCCCCCCCCCC(=O)OC(COCCC(C(=O)[O-])[N+](C)(C)C)COC(=O)CCC/C=C/C/C=C/C/C=C/C/C=C/CCCCC. The number of rotatable bonds is 44. The molecule has 2 unspecified atom stereocenters. The smallest absolute Gasteiger partial charge is 0.306 e. The van der Waals surface area contributed by atoms with Gasteiger partial charge in [-0.05, 0) is 77.0 Å². The molecule has 0 saturated heterocycles. The molecule has 0 aromatic rings. The first-order valence-corrected chi connectivity index (χ1v) is 25.0. The van der Waals surface area contributed by atoms with Crippen molar-refractivity contribution in [2.45, 2.75) is 212 Å². The number of carbonyl (C=O) groups excluding carboxylic acids is 3. The van der Waals surface area contributed by atoms with E-state index in [2.05, 4.69) is 86.8 Å². The number of carboxylic acid groups (broad SMARTS) is 1. The van der Waals surface area contributed by atoms with Crippen molar-refractivity contribution in [2.75, 3.05) is 41.0 Å². The molecule has 0 radical (unpaired) electrons. The number of hydrogen-bond donors (Lipinski definition) is 0. The monoisotopic (exact) mass is 868 g/mol. The van der Waals surface area contributed by atoms with Crippen LogP contribution in [0.4, 0.5) is 0 Å². The van der Waals surface area contributed by atoms with Crippen LogP contribution in [0.3, 0.4) is 0 Å². The average molecular weight is 868 g/mol. The summed E-state index contributed by atoms with van der Waals surface area (Å²) in [5.74, 6) is -1.81. The van der Waals surface area contributed by atoms with Gasteiger partial charge in [0.25, 0.3) is 0 Å². The van der Waals surface area contributed by atoms with Crippen LogP contribution in [0.5, 0.6) is 0 Å². The van der Waals surface area contributed by atoms with Gasteiger partial charge in [-0.2, -0.15) is 0 Å². The van der Waals surface area contributed by atoms with Crippen molar-refractivity contribution in [2.24, 2.45) is 0 Å². The predicted octanol–water partition coefficient (Wildman–Crippen LogP) is 13.0. The normalized spacial score (nSPS) is 13.5. The lowest BCUT2D eigenvalue weighted by atomic mass is 10.0. The molecule has 0 N–H and O–H groups in total. The number of carbonyl (C=O) groups is 3. The molecule has 62 heavy (non-hydrogen) atoms. The van der Waals surface area contributed by atoms with Crippen LogP contribution in [0.1, 0.15) is 200 Å².